The molecule has 5 rings (SSSR count). The number of hydrogen-bond acceptors (Lipinski definition) is 9. The fourth-order valence-electron chi connectivity index (χ4n) is 4.47. The summed E-state index contributed by atoms with van der Waals surface area (Å²) in [5.74, 6) is -1.20. The number of fused-ring (bicyclic) bond motifs is 1. The molecule has 1 saturated heterocycles. The van der Waals surface area contributed by atoms with Crippen molar-refractivity contribution in [2.75, 3.05) is 18.4 Å². The maximum absolute atomic E-state index is 13.4. The molecule has 0 radical (unpaired) electrons. The van der Waals surface area contributed by atoms with Gasteiger partial charge in [-0.25, -0.2) is 9.97 Å². The van der Waals surface area contributed by atoms with Crippen LogP contribution in [0.25, 0.3) is 16.9 Å². The Labute approximate surface area is 240 Å². The molecule has 0 bridgehead atoms. The summed E-state index contributed by atoms with van der Waals surface area (Å²) >= 11 is 6.45. The second-order valence-electron chi connectivity index (χ2n) is 9.31. The minimum Gasteiger partial charge on any atom is -0.425 e. The van der Waals surface area contributed by atoms with E-state index in [0.717, 1.165) is 19.2 Å². The average Bonchev–Trinajstić information content (AvgIpc) is 3.71. The van der Waals surface area contributed by atoms with Crippen molar-refractivity contribution in [3.8, 4) is 17.0 Å². The predicted octanol–water partition coefficient (Wildman–Crippen LogP) is 2.67. The molecule has 2 atom stereocenters. The zero-order valence-corrected chi connectivity index (χ0v) is 22.5. The first kappa shape index (κ1) is 28.8. The Hall–Kier alpha value is -4.70. The van der Waals surface area contributed by atoms with E-state index in [1.54, 1.807) is 0 Å². The van der Waals surface area contributed by atoms with Gasteiger partial charge in [0.05, 0.1) is 39.9 Å². The number of carbonyl (C=O) groups is 3. The standard InChI is InChI=1S/C25H23ClF3N9O4/c1-12(23(40)35-13-4-5-30-8-13)34-24(41)14-2-3-16(19(18(14)26)42-11-39)36-21-22-32-10-17(38(22)7-6-31-21)15-9-33-37-20(15)25(27,28)29/h2-3,6-7,9-13,30H,4-5,8H2,1H3,(H,31,36)(H,33,37)(H,34,41)(H,35,40)/t12-,13-/m1/s1. The summed E-state index contributed by atoms with van der Waals surface area (Å²) in [6, 6.07) is 1.82. The number of imidazole rings is 1. The molecule has 4 aromatic rings. The van der Waals surface area contributed by atoms with Gasteiger partial charge in [-0.3, -0.25) is 23.9 Å². The highest BCUT2D eigenvalue weighted by Crippen LogP contribution is 2.39. The monoisotopic (exact) mass is 605 g/mol. The third-order valence-corrected chi connectivity index (χ3v) is 6.91. The van der Waals surface area contributed by atoms with E-state index in [0.29, 0.717) is 6.54 Å². The molecule has 4 heterocycles. The summed E-state index contributed by atoms with van der Waals surface area (Å²) in [7, 11) is 0. The average molecular weight is 606 g/mol. The van der Waals surface area contributed by atoms with Crippen molar-refractivity contribution in [2.45, 2.75) is 31.6 Å². The molecule has 0 saturated carbocycles. The van der Waals surface area contributed by atoms with E-state index >= 15 is 0 Å². The fraction of sp³-hybridized carbons (Fsp3) is 0.280. The molecule has 13 nitrogen and oxygen atoms in total. The first-order chi connectivity index (χ1) is 20.1. The lowest BCUT2D eigenvalue weighted by Crippen LogP contribution is -2.48. The van der Waals surface area contributed by atoms with Gasteiger partial charge in [-0.1, -0.05) is 11.6 Å². The van der Waals surface area contributed by atoms with Crippen LogP contribution in [0.4, 0.5) is 24.7 Å². The first-order valence-corrected chi connectivity index (χ1v) is 12.9. The quantitative estimate of drug-likeness (QED) is 0.180. The molecule has 1 aliphatic rings. The number of carbonyl (C=O) groups excluding carboxylic acids is 3. The number of hydrogen-bond donors (Lipinski definition) is 5. The van der Waals surface area contributed by atoms with E-state index in [-0.39, 0.29) is 63.2 Å². The van der Waals surface area contributed by atoms with Crippen molar-refractivity contribution in [1.82, 2.24) is 40.5 Å². The van der Waals surface area contributed by atoms with Gasteiger partial charge < -0.3 is 26.0 Å². The van der Waals surface area contributed by atoms with E-state index in [4.69, 9.17) is 16.3 Å². The highest BCUT2D eigenvalue weighted by atomic mass is 35.5. The molecule has 0 unspecified atom stereocenters. The number of halogens is 4. The smallest absolute Gasteiger partial charge is 0.425 e. The second kappa shape index (κ2) is 11.7. The van der Waals surface area contributed by atoms with E-state index < -0.39 is 23.8 Å². The first-order valence-electron chi connectivity index (χ1n) is 12.5. The normalized spacial score (nSPS) is 15.8. The number of anilines is 2. The largest absolute Gasteiger partial charge is 0.433 e. The van der Waals surface area contributed by atoms with Crippen LogP contribution < -0.4 is 26.0 Å². The Kier molecular flexibility index (Phi) is 8.00. The minimum absolute atomic E-state index is 0.0333. The summed E-state index contributed by atoms with van der Waals surface area (Å²) < 4.78 is 46.8. The van der Waals surface area contributed by atoms with Gasteiger partial charge in [-0.2, -0.15) is 18.3 Å². The summed E-state index contributed by atoms with van der Waals surface area (Å²) in [5.41, 5.74) is -1.01. The van der Waals surface area contributed by atoms with E-state index in [9.17, 15) is 27.6 Å². The number of H-pyrrole nitrogens is 1. The second-order valence-corrected chi connectivity index (χ2v) is 9.68. The summed E-state index contributed by atoms with van der Waals surface area (Å²) in [6.45, 7) is 3.06. The molecular weight excluding hydrogens is 583 g/mol. The molecule has 2 amide bonds. The lowest BCUT2D eigenvalue weighted by atomic mass is 10.1. The predicted molar refractivity (Wildman–Crippen MR) is 143 cm³/mol. The number of ether oxygens (including phenoxy) is 1. The molecule has 1 fully saturated rings. The maximum Gasteiger partial charge on any atom is 0.433 e. The van der Waals surface area contributed by atoms with Crippen molar-refractivity contribution in [2.24, 2.45) is 0 Å². The van der Waals surface area contributed by atoms with Crippen LogP contribution in [0, 0.1) is 0 Å². The lowest BCUT2D eigenvalue weighted by Gasteiger charge is -2.18. The van der Waals surface area contributed by atoms with Crippen LogP contribution >= 0.6 is 11.6 Å². The summed E-state index contributed by atoms with van der Waals surface area (Å²) in [5, 5.41) is 16.7. The van der Waals surface area contributed by atoms with Crippen LogP contribution in [0.15, 0.2) is 36.9 Å². The molecule has 220 valence electrons. The maximum atomic E-state index is 13.4. The van der Waals surface area contributed by atoms with Crippen molar-refractivity contribution < 1.29 is 32.3 Å². The van der Waals surface area contributed by atoms with Crippen LogP contribution in [0.2, 0.25) is 5.02 Å². The molecule has 42 heavy (non-hydrogen) atoms. The van der Waals surface area contributed by atoms with E-state index in [2.05, 4.69) is 36.3 Å². The molecule has 1 aliphatic heterocycles. The Morgan fingerprint density at radius 1 is 1.26 bits per heavy atom. The highest BCUT2D eigenvalue weighted by Gasteiger charge is 2.36. The van der Waals surface area contributed by atoms with Crippen molar-refractivity contribution in [1.29, 1.82) is 0 Å². The highest BCUT2D eigenvalue weighted by molar-refractivity contribution is 6.36. The minimum atomic E-state index is -4.68. The van der Waals surface area contributed by atoms with Crippen LogP contribution in [-0.4, -0.2) is 68.0 Å². The van der Waals surface area contributed by atoms with Crippen LogP contribution in [0.1, 0.15) is 29.4 Å². The topological polar surface area (TPSA) is 167 Å². The molecule has 0 aliphatic carbocycles. The number of amides is 2. The zero-order valence-electron chi connectivity index (χ0n) is 21.8. The number of nitrogens with zero attached hydrogens (tertiary/aromatic N) is 4. The van der Waals surface area contributed by atoms with Gasteiger partial charge in [-0.05, 0) is 32.0 Å². The lowest BCUT2D eigenvalue weighted by molar-refractivity contribution is -0.140. The molecule has 5 N–H and O–H groups in total. The molecule has 17 heteroatoms. The molecule has 3 aromatic heterocycles. The number of alkyl halides is 3. The Balaban J connectivity index is 1.40. The third kappa shape index (κ3) is 5.71. The number of rotatable bonds is 9. The molecule has 1 aromatic carbocycles. The van der Waals surface area contributed by atoms with Crippen molar-refractivity contribution in [3.63, 3.8) is 0 Å². The van der Waals surface area contributed by atoms with Crippen molar-refractivity contribution >= 4 is 47.0 Å². The van der Waals surface area contributed by atoms with Gasteiger partial charge in [0.1, 0.15) is 11.7 Å². The number of aromatic amines is 1. The van der Waals surface area contributed by atoms with Crippen LogP contribution in [-0.2, 0) is 15.8 Å². The Morgan fingerprint density at radius 2 is 2.07 bits per heavy atom. The number of nitrogens with one attached hydrogen (secondary N) is 5. The molecular formula is C25H23ClF3N9O4. The van der Waals surface area contributed by atoms with Crippen molar-refractivity contribution in [3.05, 3.63) is 53.2 Å². The summed E-state index contributed by atoms with van der Waals surface area (Å²) in [4.78, 5) is 45.2. The van der Waals surface area contributed by atoms with E-state index in [1.807, 2.05) is 5.10 Å². The van der Waals surface area contributed by atoms with Gasteiger partial charge in [0.2, 0.25) is 5.91 Å². The van der Waals surface area contributed by atoms with Gasteiger partial charge >= 0.3 is 6.18 Å². The van der Waals surface area contributed by atoms with E-state index in [1.165, 1.54) is 42.0 Å². The van der Waals surface area contributed by atoms with Gasteiger partial charge in [0.25, 0.3) is 12.4 Å². The van der Waals surface area contributed by atoms with Crippen LogP contribution in [0.5, 0.6) is 5.75 Å². The Morgan fingerprint density at radius 3 is 2.79 bits per heavy atom. The Bertz CT molecular complexity index is 1650. The van der Waals surface area contributed by atoms with Gasteiger partial charge in [0.15, 0.2) is 17.2 Å². The number of aromatic nitrogens is 5. The van der Waals surface area contributed by atoms with Gasteiger partial charge in [-0.15, -0.1) is 0 Å². The third-order valence-electron chi connectivity index (χ3n) is 6.54. The summed E-state index contributed by atoms with van der Waals surface area (Å²) in [6.07, 6.45) is 1.11. The van der Waals surface area contributed by atoms with Crippen LogP contribution in [0.3, 0.4) is 0 Å². The van der Waals surface area contributed by atoms with Gasteiger partial charge in [0, 0.05) is 25.0 Å². The fourth-order valence-corrected chi connectivity index (χ4v) is 4.76. The number of benzene rings is 1. The SMILES string of the molecule is C[C@@H](NC(=O)c1ccc(Nc2nccn3c(-c4cn[nH]c4C(F)(F)F)cnc23)c(OC=O)c1Cl)C(=O)N[C@@H]1CCNC1. The molecule has 0 spiro atoms. The zero-order chi connectivity index (χ0) is 30.0.